The van der Waals surface area contributed by atoms with Gasteiger partial charge in [-0.25, -0.2) is 0 Å². The molecule has 0 aliphatic heterocycles. The molecule has 0 aliphatic carbocycles. The van der Waals surface area contributed by atoms with E-state index >= 15 is 0 Å². The molecule has 6 heavy (non-hydrogen) atoms. The molecular formula is H2LiMnO3V. The quantitative estimate of drug-likeness (QED) is 0.374. The summed E-state index contributed by atoms with van der Waals surface area (Å²) in [7, 11) is 0. The Morgan fingerprint density at radius 3 is 1.50 bits per heavy atom. The molecule has 0 rings (SSSR count). The van der Waals surface area contributed by atoms with Gasteiger partial charge in [0.15, 0.2) is 0 Å². The zero-order chi connectivity index (χ0) is 3.58. The molecule has 0 atom stereocenters. The third-order valence-corrected chi connectivity index (χ3v) is 0. The van der Waals surface area contributed by atoms with E-state index in [2.05, 4.69) is 0 Å². The first kappa shape index (κ1) is 15.7. The third kappa shape index (κ3) is 60.1. The van der Waals surface area contributed by atoms with Gasteiger partial charge < -0.3 is 1.43 Å². The first-order valence-corrected chi connectivity index (χ1v) is 2.33. The molecular weight excluding hydrogens is 161 g/mol. The molecule has 3 nitrogen and oxygen atoms in total. The Bertz CT molecular complexity index is 63.3. The van der Waals surface area contributed by atoms with E-state index in [1.807, 2.05) is 0 Å². The Balaban J connectivity index is -0.0000000150. The van der Waals surface area contributed by atoms with Crippen molar-refractivity contribution < 1.29 is 64.1 Å². The maximum atomic E-state index is 8.67. The van der Waals surface area contributed by atoms with E-state index < -0.39 is 15.4 Å². The number of hydrogen-bond acceptors (Lipinski definition) is 2. The molecule has 0 aromatic rings. The Morgan fingerprint density at radius 2 is 1.50 bits per heavy atom. The normalized spacial score (nSPS) is 4.17. The fraction of sp³-hybridized carbons (Fsp3) is 0. The summed E-state index contributed by atoms with van der Waals surface area (Å²) in [6.45, 7) is 0. The van der Waals surface area contributed by atoms with Gasteiger partial charge in [0, 0.05) is 17.1 Å². The average molecular weight is 163 g/mol. The van der Waals surface area contributed by atoms with Crippen molar-refractivity contribution in [2.75, 3.05) is 0 Å². The van der Waals surface area contributed by atoms with E-state index in [1.54, 1.807) is 0 Å². The monoisotopic (exact) mass is 163 g/mol. The molecule has 0 saturated carbocycles. The van der Waals surface area contributed by atoms with Crippen molar-refractivity contribution >= 4 is 0 Å². The fourth-order valence-electron chi connectivity index (χ4n) is 0. The van der Waals surface area contributed by atoms with Crippen LogP contribution in [0.5, 0.6) is 0 Å². The molecule has 0 bridgehead atoms. The van der Waals surface area contributed by atoms with Crippen molar-refractivity contribution in [3.8, 4) is 0 Å². The van der Waals surface area contributed by atoms with Gasteiger partial charge in [0.25, 0.3) is 0 Å². The van der Waals surface area contributed by atoms with E-state index in [9.17, 15) is 0 Å². The zero-order valence-electron chi connectivity index (χ0n) is 4.09. The zero-order valence-corrected chi connectivity index (χ0v) is 5.67. The van der Waals surface area contributed by atoms with Gasteiger partial charge >= 0.3 is 45.6 Å². The van der Waals surface area contributed by atoms with Crippen LogP contribution < -0.4 is 18.9 Å². The van der Waals surface area contributed by atoms with Crippen LogP contribution in [-0.4, -0.2) is 4.03 Å². The maximum absolute atomic E-state index is 8.67. The van der Waals surface area contributed by atoms with Gasteiger partial charge in [-0.1, -0.05) is 0 Å². The molecule has 0 heterocycles. The summed E-state index contributed by atoms with van der Waals surface area (Å²) in [5, 5.41) is 0. The Hall–Kier alpha value is 1.26. The first-order chi connectivity index (χ1) is 1.73. The Labute approximate surface area is 64.0 Å². The average Bonchev–Trinajstić information content (AvgIpc) is 0.811. The molecule has 0 aromatic heterocycles. The van der Waals surface area contributed by atoms with Gasteiger partial charge in [-0.2, -0.15) is 0 Å². The van der Waals surface area contributed by atoms with Gasteiger partial charge in [0.2, 0.25) is 0 Å². The summed E-state index contributed by atoms with van der Waals surface area (Å²) < 4.78 is 24.4. The summed E-state index contributed by atoms with van der Waals surface area (Å²) in [5.74, 6) is 0. The summed E-state index contributed by atoms with van der Waals surface area (Å²) >= 11 is -3.69. The Morgan fingerprint density at radius 1 is 1.50 bits per heavy atom. The number of hydrogen-bond donors (Lipinski definition) is 1. The van der Waals surface area contributed by atoms with Crippen LogP contribution in [0.4, 0.5) is 0 Å². The van der Waals surface area contributed by atoms with Crippen molar-refractivity contribution in [2.24, 2.45) is 0 Å². The van der Waals surface area contributed by atoms with Crippen LogP contribution in [0.15, 0.2) is 0 Å². The van der Waals surface area contributed by atoms with Crippen LogP contribution in [0.1, 0.15) is 1.43 Å². The Kier molecular flexibility index (Phi) is 24.9. The molecule has 0 spiro atoms. The van der Waals surface area contributed by atoms with Crippen LogP contribution >= 0.6 is 0 Å². The van der Waals surface area contributed by atoms with Crippen LogP contribution in [0.25, 0.3) is 0 Å². The van der Waals surface area contributed by atoms with E-state index in [0.717, 1.165) is 0 Å². The molecule has 1 radical (unpaired) electrons. The molecule has 0 saturated heterocycles. The van der Waals surface area contributed by atoms with Crippen LogP contribution in [0, 0.1) is 0 Å². The summed E-state index contributed by atoms with van der Waals surface area (Å²) in [6, 6.07) is 0. The summed E-state index contributed by atoms with van der Waals surface area (Å²) in [6.07, 6.45) is 0. The molecule has 1 N–H and O–H groups in total. The second-order valence-corrected chi connectivity index (χ2v) is 0.981. The molecule has 33 valence electrons. The molecule has 0 aliphatic rings. The topological polar surface area (TPSA) is 54.4 Å². The minimum atomic E-state index is -3.69. The van der Waals surface area contributed by atoms with Crippen molar-refractivity contribution in [2.45, 2.75) is 0 Å². The van der Waals surface area contributed by atoms with Crippen molar-refractivity contribution in [3.05, 3.63) is 0 Å². The van der Waals surface area contributed by atoms with Crippen molar-refractivity contribution in [3.63, 3.8) is 0 Å². The van der Waals surface area contributed by atoms with Crippen molar-refractivity contribution in [1.29, 1.82) is 0 Å². The predicted octanol–water partition coefficient (Wildman–Crippen LogP) is -3.68. The van der Waals surface area contributed by atoms with E-state index in [1.165, 1.54) is 0 Å². The first-order valence-electron chi connectivity index (χ1n) is 0.565. The van der Waals surface area contributed by atoms with E-state index in [4.69, 9.17) is 11.4 Å². The molecule has 0 amide bonds. The molecule has 0 fully saturated rings. The van der Waals surface area contributed by atoms with E-state index in [0.29, 0.717) is 0 Å². The summed E-state index contributed by atoms with van der Waals surface area (Å²) in [5.41, 5.74) is 0. The van der Waals surface area contributed by atoms with Gasteiger partial charge in [-0.3, -0.25) is 0 Å². The SMILES string of the molecule is [H-].[Li+].[Mn].[O]=[V](=[O])[OH]. The second-order valence-electron chi connectivity index (χ2n) is 0.238. The van der Waals surface area contributed by atoms with Crippen molar-refractivity contribution in [1.82, 2.24) is 0 Å². The van der Waals surface area contributed by atoms with Crippen LogP contribution in [-0.2, 0) is 39.8 Å². The third-order valence-electron chi connectivity index (χ3n) is 0. The van der Waals surface area contributed by atoms with Gasteiger partial charge in [0.1, 0.15) is 0 Å². The van der Waals surface area contributed by atoms with Gasteiger partial charge in [-0.15, -0.1) is 0 Å². The molecule has 0 aromatic carbocycles. The van der Waals surface area contributed by atoms with Crippen LogP contribution in [0.2, 0.25) is 0 Å². The van der Waals surface area contributed by atoms with Gasteiger partial charge in [0.05, 0.1) is 0 Å². The predicted molar refractivity (Wildman–Crippen MR) is 4.70 cm³/mol. The standard InChI is InChI=1S/Li.Mn.H2O.2O.V.H/h;;1H2;;;;/q+1;;;;;+1;-1/p-1. The fourth-order valence-corrected chi connectivity index (χ4v) is 0. The van der Waals surface area contributed by atoms with Crippen LogP contribution in [0.3, 0.4) is 0 Å². The molecule has 6 heteroatoms. The summed E-state index contributed by atoms with van der Waals surface area (Å²) in [4.78, 5) is 0. The minimum absolute atomic E-state index is 0. The number of rotatable bonds is 0. The van der Waals surface area contributed by atoms with Gasteiger partial charge in [-0.05, 0) is 0 Å². The molecule has 0 unspecified atom stereocenters. The van der Waals surface area contributed by atoms with E-state index in [-0.39, 0.29) is 37.4 Å². The second kappa shape index (κ2) is 9.54.